The molecule has 1 fully saturated rings. The van der Waals surface area contributed by atoms with E-state index >= 15 is 0 Å². The Labute approximate surface area is 199 Å². The molecule has 3 rings (SSSR count). The molecule has 0 N–H and O–H groups in total. The summed E-state index contributed by atoms with van der Waals surface area (Å²) in [6, 6.07) is 15.2. The maximum atomic E-state index is 10.6. The number of carbonyl (C=O) groups excluding carboxylic acids is 1. The third-order valence-electron chi connectivity index (χ3n) is 4.64. The van der Waals surface area contributed by atoms with Crippen LogP contribution < -0.4 is 0 Å². The second-order valence-electron chi connectivity index (χ2n) is 7.22. The minimum atomic E-state index is 0.653. The van der Waals surface area contributed by atoms with Crippen LogP contribution in [0.5, 0.6) is 0 Å². The zero-order valence-corrected chi connectivity index (χ0v) is 20.6. The molecule has 1 aliphatic heterocycles. The molecule has 0 radical (unpaired) electrons. The molecule has 0 saturated carbocycles. The third-order valence-corrected chi connectivity index (χ3v) is 4.64. The molecular formula is C29H36N2O2. The lowest BCUT2D eigenvalue weighted by Gasteiger charge is -2.21. The molecule has 33 heavy (non-hydrogen) atoms. The Morgan fingerprint density at radius 1 is 0.970 bits per heavy atom. The molecule has 0 aliphatic carbocycles. The lowest BCUT2D eigenvalue weighted by Crippen LogP contribution is -2.32. The van der Waals surface area contributed by atoms with Crippen LogP contribution in [0, 0.1) is 11.8 Å². The van der Waals surface area contributed by atoms with Crippen molar-refractivity contribution in [3.05, 3.63) is 95.2 Å². The van der Waals surface area contributed by atoms with Crippen LogP contribution in [0.1, 0.15) is 54.7 Å². The lowest BCUT2D eigenvalue weighted by atomic mass is 10.1. The number of aliphatic imine (C=N–C) groups is 1. The summed E-state index contributed by atoms with van der Waals surface area (Å²) in [6.07, 6.45) is 4.43. The van der Waals surface area contributed by atoms with Crippen molar-refractivity contribution in [2.75, 3.05) is 33.4 Å². The number of carbonyl (C=O) groups is 1. The highest BCUT2D eigenvalue weighted by atomic mass is 16.5. The van der Waals surface area contributed by atoms with Crippen molar-refractivity contribution in [1.29, 1.82) is 0 Å². The maximum Gasteiger partial charge on any atom is 0.150 e. The first-order valence-corrected chi connectivity index (χ1v) is 11.3. The SMILES string of the molecule is C=C/C=C(\C)N=C(C)c1ccc(C#Cc2ccc(C=O)cc2)cc1.CC.CN1CCOCC1. The fourth-order valence-corrected chi connectivity index (χ4v) is 2.78. The second-order valence-corrected chi connectivity index (χ2v) is 7.22. The molecule has 2 aromatic carbocycles. The lowest BCUT2D eigenvalue weighted by molar-refractivity contribution is 0.0503. The summed E-state index contributed by atoms with van der Waals surface area (Å²) < 4.78 is 5.10. The molecule has 1 aliphatic rings. The summed E-state index contributed by atoms with van der Waals surface area (Å²) in [5.74, 6) is 6.22. The Balaban J connectivity index is 0.000000508. The first-order valence-electron chi connectivity index (χ1n) is 11.3. The van der Waals surface area contributed by atoms with Crippen molar-refractivity contribution >= 4 is 12.0 Å². The second kappa shape index (κ2) is 16.4. The van der Waals surface area contributed by atoms with Gasteiger partial charge in [-0.2, -0.15) is 0 Å². The molecule has 2 aromatic rings. The van der Waals surface area contributed by atoms with E-state index in [1.807, 2.05) is 70.2 Å². The quantitative estimate of drug-likeness (QED) is 0.260. The summed E-state index contributed by atoms with van der Waals surface area (Å²) in [7, 11) is 2.11. The van der Waals surface area contributed by atoms with E-state index in [-0.39, 0.29) is 0 Å². The molecule has 0 spiro atoms. The van der Waals surface area contributed by atoms with Gasteiger partial charge in [0.25, 0.3) is 0 Å². The summed E-state index contributed by atoms with van der Waals surface area (Å²) in [4.78, 5) is 17.4. The Bertz CT molecular complexity index is 969. The number of nitrogens with zero attached hydrogens (tertiary/aromatic N) is 2. The van der Waals surface area contributed by atoms with Crippen LogP contribution >= 0.6 is 0 Å². The van der Waals surface area contributed by atoms with Crippen LogP contribution in [0.25, 0.3) is 0 Å². The Kier molecular flexibility index (Phi) is 13.8. The van der Waals surface area contributed by atoms with Gasteiger partial charge in [0.05, 0.1) is 13.2 Å². The van der Waals surface area contributed by atoms with Gasteiger partial charge in [0.1, 0.15) is 6.29 Å². The van der Waals surface area contributed by atoms with E-state index in [1.165, 1.54) is 0 Å². The van der Waals surface area contributed by atoms with Gasteiger partial charge in [-0.15, -0.1) is 0 Å². The first kappa shape index (κ1) is 27.8. The van der Waals surface area contributed by atoms with E-state index in [9.17, 15) is 4.79 Å². The molecule has 0 bridgehead atoms. The molecule has 4 heteroatoms. The number of allylic oxidation sites excluding steroid dienone is 3. The summed E-state index contributed by atoms with van der Waals surface area (Å²) in [5.41, 5.74) is 5.41. The Hall–Kier alpha value is -3.26. The molecule has 1 saturated heterocycles. The molecule has 4 nitrogen and oxygen atoms in total. The molecule has 1 heterocycles. The van der Waals surface area contributed by atoms with E-state index in [4.69, 9.17) is 4.74 Å². The van der Waals surface area contributed by atoms with Gasteiger partial charge >= 0.3 is 0 Å². The average molecular weight is 445 g/mol. The Morgan fingerprint density at radius 3 is 1.91 bits per heavy atom. The van der Waals surface area contributed by atoms with Gasteiger partial charge < -0.3 is 9.64 Å². The van der Waals surface area contributed by atoms with Crippen molar-refractivity contribution in [2.45, 2.75) is 27.7 Å². The minimum absolute atomic E-state index is 0.653. The third kappa shape index (κ3) is 11.2. The zero-order chi connectivity index (χ0) is 24.5. The van der Waals surface area contributed by atoms with Crippen molar-refractivity contribution in [2.24, 2.45) is 4.99 Å². The number of likely N-dealkylation sites (N-methyl/N-ethyl adjacent to an activating group) is 1. The van der Waals surface area contributed by atoms with E-state index in [0.29, 0.717) is 5.56 Å². The molecule has 0 amide bonds. The number of hydrogen-bond donors (Lipinski definition) is 0. The summed E-state index contributed by atoms with van der Waals surface area (Å²) in [5, 5.41) is 0. The number of ether oxygens (including phenoxy) is 1. The van der Waals surface area contributed by atoms with Crippen LogP contribution in [-0.2, 0) is 4.74 Å². The highest BCUT2D eigenvalue weighted by Gasteiger charge is 2.02. The topological polar surface area (TPSA) is 41.9 Å². The van der Waals surface area contributed by atoms with E-state index in [2.05, 4.69) is 35.4 Å². The van der Waals surface area contributed by atoms with Crippen LogP contribution in [-0.4, -0.2) is 50.2 Å². The number of morpholine rings is 1. The van der Waals surface area contributed by atoms with Gasteiger partial charge in [-0.25, -0.2) is 0 Å². The van der Waals surface area contributed by atoms with Gasteiger partial charge in [-0.05, 0) is 56.8 Å². The first-order chi connectivity index (χ1) is 16.0. The van der Waals surface area contributed by atoms with Gasteiger partial charge in [0.15, 0.2) is 0 Å². The van der Waals surface area contributed by atoms with E-state index in [1.54, 1.807) is 18.2 Å². The van der Waals surface area contributed by atoms with Crippen molar-refractivity contribution in [3.63, 3.8) is 0 Å². The fourth-order valence-electron chi connectivity index (χ4n) is 2.78. The van der Waals surface area contributed by atoms with Crippen molar-refractivity contribution < 1.29 is 9.53 Å². The standard InChI is InChI=1S/C22H19NO.C5H11NO.C2H6/c1-4-5-17(2)23-18(3)22-14-12-20(13-15-22)7-6-19-8-10-21(16-24)11-9-19;1-6-2-4-7-5-3-6;1-2/h4-5,8-16H,1H2,2-3H3;2-5H2,1H3;1-2H3/b17-5+,23-18?;;. The summed E-state index contributed by atoms with van der Waals surface area (Å²) in [6.45, 7) is 15.6. The van der Waals surface area contributed by atoms with E-state index in [0.717, 1.165) is 60.7 Å². The molecule has 0 atom stereocenters. The predicted molar refractivity (Wildman–Crippen MR) is 140 cm³/mol. The molecule has 174 valence electrons. The number of aldehydes is 1. The monoisotopic (exact) mass is 444 g/mol. The number of hydrogen-bond acceptors (Lipinski definition) is 4. The van der Waals surface area contributed by atoms with Gasteiger partial charge in [0, 0.05) is 41.2 Å². The highest BCUT2D eigenvalue weighted by Crippen LogP contribution is 2.08. The molecule has 0 unspecified atom stereocenters. The smallest absolute Gasteiger partial charge is 0.150 e. The van der Waals surface area contributed by atoms with Gasteiger partial charge in [-0.1, -0.05) is 62.6 Å². The van der Waals surface area contributed by atoms with Gasteiger partial charge in [-0.3, -0.25) is 9.79 Å². The van der Waals surface area contributed by atoms with Crippen molar-refractivity contribution in [1.82, 2.24) is 4.90 Å². The average Bonchev–Trinajstić information content (AvgIpc) is 2.85. The molecular weight excluding hydrogens is 408 g/mol. The molecule has 0 aromatic heterocycles. The van der Waals surface area contributed by atoms with Crippen LogP contribution in [0.4, 0.5) is 0 Å². The van der Waals surface area contributed by atoms with E-state index < -0.39 is 0 Å². The maximum absolute atomic E-state index is 10.6. The van der Waals surface area contributed by atoms with Crippen molar-refractivity contribution in [3.8, 4) is 11.8 Å². The van der Waals surface area contributed by atoms with Gasteiger partial charge in [0.2, 0.25) is 0 Å². The largest absolute Gasteiger partial charge is 0.379 e. The predicted octanol–water partition coefficient (Wildman–Crippen LogP) is 5.77. The summed E-state index contributed by atoms with van der Waals surface area (Å²) >= 11 is 0. The Morgan fingerprint density at radius 2 is 1.48 bits per heavy atom. The normalized spacial score (nSPS) is 13.8. The highest BCUT2D eigenvalue weighted by molar-refractivity contribution is 5.99. The van der Waals surface area contributed by atoms with Crippen LogP contribution in [0.3, 0.4) is 0 Å². The fraction of sp³-hybridized carbons (Fsp3) is 0.310. The zero-order valence-electron chi connectivity index (χ0n) is 20.6. The number of rotatable bonds is 4. The minimum Gasteiger partial charge on any atom is -0.379 e. The number of benzene rings is 2. The van der Waals surface area contributed by atoms with Crippen LogP contribution in [0.15, 0.2) is 78.0 Å². The van der Waals surface area contributed by atoms with Crippen LogP contribution in [0.2, 0.25) is 0 Å².